The predicted octanol–water partition coefficient (Wildman–Crippen LogP) is 3.91. The number of hydrogen-bond acceptors (Lipinski definition) is 1. The van der Waals surface area contributed by atoms with Gasteiger partial charge in [0, 0.05) is 10.8 Å². The van der Waals surface area contributed by atoms with E-state index in [1.165, 1.54) is 12.3 Å². The lowest BCUT2D eigenvalue weighted by atomic mass is 10.1. The van der Waals surface area contributed by atoms with Crippen LogP contribution in [0.15, 0.2) is 22.8 Å². The molecule has 1 radical (unpaired) electrons. The molecular weight excluding hydrogens is 217 g/mol. The summed E-state index contributed by atoms with van der Waals surface area (Å²) in [5.41, 5.74) is -0.860. The van der Waals surface area contributed by atoms with E-state index in [0.717, 1.165) is 6.07 Å². The standard InChI is InChI=1S/C9H3ClF3O/c10-8-2-6-4-14-3-5(6)1-7(8)9(11,12)13/h1-3H. The van der Waals surface area contributed by atoms with Crippen LogP contribution in [0.25, 0.3) is 10.8 Å². The summed E-state index contributed by atoms with van der Waals surface area (Å²) in [4.78, 5) is 0. The first kappa shape index (κ1) is 9.40. The van der Waals surface area contributed by atoms with Crippen LogP contribution in [-0.2, 0) is 6.18 Å². The van der Waals surface area contributed by atoms with Gasteiger partial charge in [-0.1, -0.05) is 11.6 Å². The van der Waals surface area contributed by atoms with Crippen molar-refractivity contribution in [3.8, 4) is 0 Å². The third-order valence-corrected chi connectivity index (χ3v) is 2.11. The monoisotopic (exact) mass is 219 g/mol. The fraction of sp³-hybridized carbons (Fsp3) is 0.111. The minimum Gasteiger partial charge on any atom is -0.460 e. The quantitative estimate of drug-likeness (QED) is 0.655. The Balaban J connectivity index is 2.71. The van der Waals surface area contributed by atoms with Crippen molar-refractivity contribution in [1.29, 1.82) is 0 Å². The summed E-state index contributed by atoms with van der Waals surface area (Å²) in [6.07, 6.45) is -0.834. The number of rotatable bonds is 0. The van der Waals surface area contributed by atoms with Crippen molar-refractivity contribution in [2.75, 3.05) is 0 Å². The highest BCUT2D eigenvalue weighted by Gasteiger charge is 2.33. The lowest BCUT2D eigenvalue weighted by Crippen LogP contribution is -2.05. The topological polar surface area (TPSA) is 13.1 Å². The third-order valence-electron chi connectivity index (χ3n) is 1.80. The number of halogens is 4. The van der Waals surface area contributed by atoms with Crippen molar-refractivity contribution in [3.05, 3.63) is 35.2 Å². The molecule has 0 amide bonds. The van der Waals surface area contributed by atoms with Crippen molar-refractivity contribution >= 4 is 22.4 Å². The number of alkyl halides is 3. The Bertz CT molecular complexity index is 472. The van der Waals surface area contributed by atoms with E-state index in [4.69, 9.17) is 11.6 Å². The summed E-state index contributed by atoms with van der Waals surface area (Å²) >= 11 is 5.46. The van der Waals surface area contributed by atoms with Crippen LogP contribution >= 0.6 is 11.6 Å². The molecule has 0 aliphatic rings. The fourth-order valence-electron chi connectivity index (χ4n) is 1.15. The Morgan fingerprint density at radius 1 is 1.29 bits per heavy atom. The van der Waals surface area contributed by atoms with Gasteiger partial charge in [0.05, 0.1) is 16.8 Å². The molecule has 0 saturated carbocycles. The molecule has 0 saturated heterocycles. The normalized spacial score (nSPS) is 12.3. The smallest absolute Gasteiger partial charge is 0.417 e. The second kappa shape index (κ2) is 2.92. The average molecular weight is 220 g/mol. The number of hydrogen-bond donors (Lipinski definition) is 0. The highest BCUT2D eigenvalue weighted by atomic mass is 35.5. The molecule has 0 fully saturated rings. The van der Waals surface area contributed by atoms with Gasteiger partial charge in [-0.05, 0) is 12.1 Å². The molecule has 2 rings (SSSR count). The summed E-state index contributed by atoms with van der Waals surface area (Å²) < 4.78 is 41.7. The van der Waals surface area contributed by atoms with E-state index in [9.17, 15) is 13.2 Å². The van der Waals surface area contributed by atoms with Crippen LogP contribution in [0.5, 0.6) is 0 Å². The molecule has 1 heterocycles. The number of fused-ring (bicyclic) bond motifs is 1. The molecule has 0 aliphatic carbocycles. The fourth-order valence-corrected chi connectivity index (χ4v) is 1.42. The molecule has 1 aromatic carbocycles. The molecule has 73 valence electrons. The molecule has 1 aromatic heterocycles. The van der Waals surface area contributed by atoms with Gasteiger partial charge in [-0.3, -0.25) is 0 Å². The second-order valence-corrected chi connectivity index (χ2v) is 3.16. The van der Waals surface area contributed by atoms with E-state index in [2.05, 4.69) is 10.7 Å². The van der Waals surface area contributed by atoms with Crippen molar-refractivity contribution < 1.29 is 17.6 Å². The van der Waals surface area contributed by atoms with Crippen LogP contribution in [0, 0.1) is 6.26 Å². The van der Waals surface area contributed by atoms with Gasteiger partial charge >= 0.3 is 6.18 Å². The van der Waals surface area contributed by atoms with Gasteiger partial charge in [0.2, 0.25) is 0 Å². The molecular formula is C9H3ClF3O. The molecule has 0 atom stereocenters. The van der Waals surface area contributed by atoms with E-state index in [1.807, 2.05) is 0 Å². The second-order valence-electron chi connectivity index (χ2n) is 2.75. The number of benzene rings is 1. The predicted molar refractivity (Wildman–Crippen MR) is 45.1 cm³/mol. The van der Waals surface area contributed by atoms with E-state index in [1.54, 1.807) is 0 Å². The number of furan rings is 1. The molecule has 0 spiro atoms. The average Bonchev–Trinajstić information content (AvgIpc) is 2.47. The molecule has 2 aromatic rings. The lowest BCUT2D eigenvalue weighted by Gasteiger charge is -2.08. The summed E-state index contributed by atoms with van der Waals surface area (Å²) in [5, 5.41) is 0.423. The van der Waals surface area contributed by atoms with Crippen molar-refractivity contribution in [1.82, 2.24) is 0 Å². The van der Waals surface area contributed by atoms with Crippen LogP contribution in [-0.4, -0.2) is 0 Å². The minimum atomic E-state index is -4.44. The summed E-state index contributed by atoms with van der Waals surface area (Å²) in [5.74, 6) is 0. The molecule has 14 heavy (non-hydrogen) atoms. The van der Waals surface area contributed by atoms with Crippen LogP contribution in [0.1, 0.15) is 5.56 Å². The molecule has 1 nitrogen and oxygen atoms in total. The van der Waals surface area contributed by atoms with Gasteiger partial charge in [0.15, 0.2) is 6.26 Å². The SMILES string of the molecule is FC(F)(F)c1cc2co[c]c2cc1Cl. The summed E-state index contributed by atoms with van der Waals surface area (Å²) in [7, 11) is 0. The zero-order valence-corrected chi connectivity index (χ0v) is 7.41. The molecule has 0 unspecified atom stereocenters. The van der Waals surface area contributed by atoms with E-state index in [0.29, 0.717) is 10.8 Å². The maximum absolute atomic E-state index is 12.4. The van der Waals surface area contributed by atoms with Crippen LogP contribution in [0.4, 0.5) is 13.2 Å². The van der Waals surface area contributed by atoms with Crippen molar-refractivity contribution in [2.45, 2.75) is 6.18 Å². The Hall–Kier alpha value is -1.16. The first-order valence-corrected chi connectivity index (χ1v) is 4.02. The van der Waals surface area contributed by atoms with Gasteiger partial charge in [0.1, 0.15) is 0 Å². The maximum atomic E-state index is 12.4. The Morgan fingerprint density at radius 2 is 2.00 bits per heavy atom. The first-order chi connectivity index (χ1) is 6.48. The summed E-state index contributed by atoms with van der Waals surface area (Å²) in [6, 6.07) is 2.13. The van der Waals surface area contributed by atoms with Gasteiger partial charge in [-0.25, -0.2) is 0 Å². The molecule has 0 aliphatic heterocycles. The third kappa shape index (κ3) is 1.46. The van der Waals surface area contributed by atoms with Gasteiger partial charge in [-0.15, -0.1) is 0 Å². The minimum absolute atomic E-state index is 0.335. The zero-order valence-electron chi connectivity index (χ0n) is 6.65. The lowest BCUT2D eigenvalue weighted by molar-refractivity contribution is -0.137. The van der Waals surface area contributed by atoms with Crippen LogP contribution in [0.3, 0.4) is 0 Å². The van der Waals surface area contributed by atoms with Crippen LogP contribution < -0.4 is 0 Å². The highest BCUT2D eigenvalue weighted by Crippen LogP contribution is 2.37. The largest absolute Gasteiger partial charge is 0.460 e. The van der Waals surface area contributed by atoms with Crippen molar-refractivity contribution in [2.24, 2.45) is 0 Å². The Kier molecular flexibility index (Phi) is 1.96. The van der Waals surface area contributed by atoms with E-state index < -0.39 is 11.7 Å². The van der Waals surface area contributed by atoms with Gasteiger partial charge in [0.25, 0.3) is 0 Å². The Labute approximate surface area is 82.1 Å². The van der Waals surface area contributed by atoms with Gasteiger partial charge < -0.3 is 4.42 Å². The zero-order chi connectivity index (χ0) is 10.3. The molecule has 0 N–H and O–H groups in total. The summed E-state index contributed by atoms with van der Waals surface area (Å²) in [6.45, 7) is 0. The highest BCUT2D eigenvalue weighted by molar-refractivity contribution is 6.32. The Morgan fingerprint density at radius 3 is 2.64 bits per heavy atom. The van der Waals surface area contributed by atoms with Crippen LogP contribution in [0.2, 0.25) is 5.02 Å². The van der Waals surface area contributed by atoms with E-state index in [-0.39, 0.29) is 5.02 Å². The first-order valence-electron chi connectivity index (χ1n) is 3.64. The van der Waals surface area contributed by atoms with Gasteiger partial charge in [-0.2, -0.15) is 13.2 Å². The maximum Gasteiger partial charge on any atom is 0.417 e. The molecule has 5 heteroatoms. The van der Waals surface area contributed by atoms with E-state index >= 15 is 0 Å². The molecule has 0 bridgehead atoms. The van der Waals surface area contributed by atoms with Crippen molar-refractivity contribution in [3.63, 3.8) is 0 Å².